The molecule has 0 spiro atoms. The van der Waals surface area contributed by atoms with Gasteiger partial charge in [0.25, 0.3) is 0 Å². The minimum absolute atomic E-state index is 0.542. The lowest BCUT2D eigenvalue weighted by Crippen LogP contribution is -2.04. The SMILES string of the molecule is COc1ccc(/C=N/N=C/c2ccc(C(F)(F)F)cc2)cc1. The summed E-state index contributed by atoms with van der Waals surface area (Å²) in [4.78, 5) is 0. The number of hydrogen-bond donors (Lipinski definition) is 0. The summed E-state index contributed by atoms with van der Waals surface area (Å²) in [6.07, 6.45) is -1.40. The molecular weight excluding hydrogens is 293 g/mol. The highest BCUT2D eigenvalue weighted by molar-refractivity contribution is 5.82. The maximum atomic E-state index is 12.4. The van der Waals surface area contributed by atoms with E-state index in [0.29, 0.717) is 5.56 Å². The number of ether oxygens (including phenoxy) is 1. The Labute approximate surface area is 125 Å². The van der Waals surface area contributed by atoms with E-state index in [1.807, 2.05) is 12.1 Å². The smallest absolute Gasteiger partial charge is 0.416 e. The first-order chi connectivity index (χ1) is 10.5. The predicted molar refractivity (Wildman–Crippen MR) is 79.6 cm³/mol. The van der Waals surface area contributed by atoms with Crippen LogP contribution in [0.4, 0.5) is 13.2 Å². The molecule has 0 N–H and O–H groups in total. The summed E-state index contributed by atoms with van der Waals surface area (Å²) in [5, 5.41) is 7.65. The molecule has 114 valence electrons. The standard InChI is InChI=1S/C16H13F3N2O/c1-22-15-8-4-13(5-9-15)11-21-20-10-12-2-6-14(7-3-12)16(17,18)19/h2-11H,1H3/b20-10+,21-11+. The summed E-state index contributed by atoms with van der Waals surface area (Å²) in [5.41, 5.74) is 0.691. The van der Waals surface area contributed by atoms with Gasteiger partial charge < -0.3 is 4.74 Å². The molecule has 0 aliphatic heterocycles. The number of hydrogen-bond acceptors (Lipinski definition) is 3. The topological polar surface area (TPSA) is 34.0 Å². The minimum atomic E-state index is -4.33. The lowest BCUT2D eigenvalue weighted by Gasteiger charge is -2.05. The predicted octanol–water partition coefficient (Wildman–Crippen LogP) is 4.17. The van der Waals surface area contributed by atoms with Crippen molar-refractivity contribution in [3.8, 4) is 5.75 Å². The van der Waals surface area contributed by atoms with Crippen LogP contribution in [0.1, 0.15) is 16.7 Å². The van der Waals surface area contributed by atoms with Crippen LogP contribution in [0.3, 0.4) is 0 Å². The Hall–Kier alpha value is -2.63. The third-order valence-electron chi connectivity index (χ3n) is 2.83. The highest BCUT2D eigenvalue weighted by Crippen LogP contribution is 2.28. The first-order valence-corrected chi connectivity index (χ1v) is 6.37. The molecular formula is C16H13F3N2O. The maximum Gasteiger partial charge on any atom is 0.416 e. The molecule has 0 saturated heterocycles. The molecule has 0 heterocycles. The van der Waals surface area contributed by atoms with Gasteiger partial charge in [-0.15, -0.1) is 0 Å². The van der Waals surface area contributed by atoms with Gasteiger partial charge in [-0.25, -0.2) is 0 Å². The highest BCUT2D eigenvalue weighted by atomic mass is 19.4. The summed E-state index contributed by atoms with van der Waals surface area (Å²) in [7, 11) is 1.58. The number of methoxy groups -OCH3 is 1. The summed E-state index contributed by atoms with van der Waals surface area (Å²) in [5.74, 6) is 0.741. The van der Waals surface area contributed by atoms with E-state index >= 15 is 0 Å². The normalized spacial score (nSPS) is 12.2. The van der Waals surface area contributed by atoms with Gasteiger partial charge >= 0.3 is 6.18 Å². The van der Waals surface area contributed by atoms with Crippen molar-refractivity contribution < 1.29 is 17.9 Å². The Morgan fingerprint density at radius 3 is 1.68 bits per heavy atom. The van der Waals surface area contributed by atoms with E-state index in [1.54, 1.807) is 25.5 Å². The zero-order chi connectivity index (χ0) is 16.0. The molecule has 0 saturated carbocycles. The number of benzene rings is 2. The van der Waals surface area contributed by atoms with Crippen LogP contribution in [-0.2, 0) is 6.18 Å². The molecule has 3 nitrogen and oxygen atoms in total. The van der Waals surface area contributed by atoms with E-state index in [4.69, 9.17) is 4.74 Å². The first kappa shape index (κ1) is 15.8. The lowest BCUT2D eigenvalue weighted by molar-refractivity contribution is -0.137. The second-order valence-electron chi connectivity index (χ2n) is 4.38. The molecule has 0 bridgehead atoms. The molecule has 0 amide bonds. The number of halogens is 3. The van der Waals surface area contributed by atoms with Crippen molar-refractivity contribution in [3.05, 3.63) is 65.2 Å². The fourth-order valence-electron chi connectivity index (χ4n) is 1.65. The van der Waals surface area contributed by atoms with Gasteiger partial charge in [0.1, 0.15) is 5.75 Å². The Morgan fingerprint density at radius 2 is 1.27 bits per heavy atom. The molecule has 0 aliphatic rings. The molecule has 0 aliphatic carbocycles. The summed E-state index contributed by atoms with van der Waals surface area (Å²) in [6, 6.07) is 11.9. The van der Waals surface area contributed by atoms with Crippen LogP contribution in [0, 0.1) is 0 Å². The number of rotatable bonds is 4. The first-order valence-electron chi connectivity index (χ1n) is 6.37. The Balaban J connectivity index is 1.98. The van der Waals surface area contributed by atoms with Gasteiger partial charge in [-0.2, -0.15) is 23.4 Å². The monoisotopic (exact) mass is 306 g/mol. The van der Waals surface area contributed by atoms with Crippen molar-refractivity contribution in [1.29, 1.82) is 0 Å². The fourth-order valence-corrected chi connectivity index (χ4v) is 1.65. The van der Waals surface area contributed by atoms with Gasteiger partial charge in [0.15, 0.2) is 0 Å². The molecule has 0 radical (unpaired) electrons. The zero-order valence-electron chi connectivity index (χ0n) is 11.7. The molecule has 0 fully saturated rings. The molecule has 0 atom stereocenters. The second kappa shape index (κ2) is 6.89. The molecule has 0 unspecified atom stereocenters. The maximum absolute atomic E-state index is 12.4. The van der Waals surface area contributed by atoms with Gasteiger partial charge in [0.05, 0.1) is 25.1 Å². The van der Waals surface area contributed by atoms with Gasteiger partial charge in [-0.3, -0.25) is 0 Å². The van der Waals surface area contributed by atoms with Crippen LogP contribution >= 0.6 is 0 Å². The van der Waals surface area contributed by atoms with E-state index in [-0.39, 0.29) is 0 Å². The van der Waals surface area contributed by atoms with Crippen LogP contribution in [0.15, 0.2) is 58.7 Å². The van der Waals surface area contributed by atoms with Crippen molar-refractivity contribution in [3.63, 3.8) is 0 Å². The zero-order valence-corrected chi connectivity index (χ0v) is 11.7. The molecule has 2 rings (SSSR count). The quantitative estimate of drug-likeness (QED) is 0.616. The van der Waals surface area contributed by atoms with Crippen molar-refractivity contribution in [2.45, 2.75) is 6.18 Å². The highest BCUT2D eigenvalue weighted by Gasteiger charge is 2.29. The van der Waals surface area contributed by atoms with Crippen LogP contribution in [-0.4, -0.2) is 19.5 Å². The third kappa shape index (κ3) is 4.44. The molecule has 2 aromatic rings. The van der Waals surface area contributed by atoms with Crippen LogP contribution in [0.5, 0.6) is 5.75 Å². The van der Waals surface area contributed by atoms with Gasteiger partial charge in [-0.1, -0.05) is 12.1 Å². The van der Waals surface area contributed by atoms with Gasteiger partial charge in [-0.05, 0) is 47.5 Å². The van der Waals surface area contributed by atoms with E-state index in [0.717, 1.165) is 23.4 Å². The van der Waals surface area contributed by atoms with Crippen LogP contribution in [0.2, 0.25) is 0 Å². The Kier molecular flexibility index (Phi) is 4.93. The summed E-state index contributed by atoms with van der Waals surface area (Å²) < 4.78 is 42.2. The van der Waals surface area contributed by atoms with E-state index in [2.05, 4.69) is 10.2 Å². The van der Waals surface area contributed by atoms with E-state index in [9.17, 15) is 13.2 Å². The summed E-state index contributed by atoms with van der Waals surface area (Å²) in [6.45, 7) is 0. The van der Waals surface area contributed by atoms with Crippen molar-refractivity contribution in [2.24, 2.45) is 10.2 Å². The molecule has 0 aromatic heterocycles. The lowest BCUT2D eigenvalue weighted by atomic mass is 10.1. The van der Waals surface area contributed by atoms with Crippen LogP contribution < -0.4 is 4.74 Å². The Bertz CT molecular complexity index is 659. The Morgan fingerprint density at radius 1 is 0.818 bits per heavy atom. The summed E-state index contributed by atoms with van der Waals surface area (Å²) >= 11 is 0. The fraction of sp³-hybridized carbons (Fsp3) is 0.125. The average Bonchev–Trinajstić information content (AvgIpc) is 2.52. The molecule has 2 aromatic carbocycles. The van der Waals surface area contributed by atoms with E-state index < -0.39 is 11.7 Å². The van der Waals surface area contributed by atoms with Crippen molar-refractivity contribution in [1.82, 2.24) is 0 Å². The van der Waals surface area contributed by atoms with Gasteiger partial charge in [0.2, 0.25) is 0 Å². The number of nitrogens with zero attached hydrogens (tertiary/aromatic N) is 2. The van der Waals surface area contributed by atoms with Crippen LogP contribution in [0.25, 0.3) is 0 Å². The molecule has 22 heavy (non-hydrogen) atoms. The van der Waals surface area contributed by atoms with Crippen molar-refractivity contribution in [2.75, 3.05) is 7.11 Å². The number of alkyl halides is 3. The minimum Gasteiger partial charge on any atom is -0.497 e. The third-order valence-corrected chi connectivity index (χ3v) is 2.83. The second-order valence-corrected chi connectivity index (χ2v) is 4.38. The molecule has 6 heteroatoms. The average molecular weight is 306 g/mol. The van der Waals surface area contributed by atoms with E-state index in [1.165, 1.54) is 18.3 Å². The van der Waals surface area contributed by atoms with Crippen molar-refractivity contribution >= 4 is 12.4 Å². The van der Waals surface area contributed by atoms with Gasteiger partial charge in [0, 0.05) is 0 Å². The largest absolute Gasteiger partial charge is 0.497 e.